The van der Waals surface area contributed by atoms with Crippen LogP contribution in [0.25, 0.3) is 0 Å². The minimum absolute atomic E-state index is 0.0835. The van der Waals surface area contributed by atoms with E-state index in [1.807, 2.05) is 18.5 Å². The maximum absolute atomic E-state index is 13.5. The zero-order chi connectivity index (χ0) is 23.4. The summed E-state index contributed by atoms with van der Waals surface area (Å²) in [4.78, 5) is 30.5. The lowest BCUT2D eigenvalue weighted by atomic mass is 10.1. The van der Waals surface area contributed by atoms with Crippen LogP contribution in [0, 0.1) is 5.82 Å². The Morgan fingerprint density at radius 1 is 1.16 bits per heavy atom. The van der Waals surface area contributed by atoms with Gasteiger partial charge in [0.1, 0.15) is 26.1 Å². The summed E-state index contributed by atoms with van der Waals surface area (Å²) in [5.41, 5.74) is 1.81. The topological polar surface area (TPSA) is 86.7 Å². The summed E-state index contributed by atoms with van der Waals surface area (Å²) in [5, 5.41) is 12.6. The van der Waals surface area contributed by atoms with Gasteiger partial charge < -0.3 is 24.9 Å². The summed E-state index contributed by atoms with van der Waals surface area (Å²) in [6.07, 6.45) is 2.05. The first kappa shape index (κ1) is 26.2. The molecule has 31 heavy (non-hydrogen) atoms. The summed E-state index contributed by atoms with van der Waals surface area (Å²) < 4.78 is 26.7. The number of benzene rings is 2. The molecule has 0 aliphatic carbocycles. The van der Waals surface area contributed by atoms with Crippen LogP contribution in [0.3, 0.4) is 0 Å². The number of aliphatic hydroxyl groups is 1. The van der Waals surface area contributed by atoms with Gasteiger partial charge in [0.2, 0.25) is 0 Å². The third-order valence-corrected chi connectivity index (χ3v) is 4.95. The van der Waals surface area contributed by atoms with Crippen LogP contribution in [0.5, 0.6) is 0 Å². The normalized spacial score (nSPS) is 15.5. The van der Waals surface area contributed by atoms with E-state index in [2.05, 4.69) is 5.32 Å². The fraction of sp³-hybridized carbons (Fsp3) is 0.318. The average molecular weight is 455 g/mol. The molecule has 168 valence electrons. The Hall–Kier alpha value is -2.84. The molecular formula is C22H25ClF2N2O4. The van der Waals surface area contributed by atoms with Crippen molar-refractivity contribution >= 4 is 42.5 Å². The van der Waals surface area contributed by atoms with Crippen LogP contribution in [0.4, 0.5) is 20.2 Å². The first-order valence-electron chi connectivity index (χ1n) is 9.44. The molecule has 2 N–H and O–H groups in total. The van der Waals surface area contributed by atoms with E-state index in [1.165, 1.54) is 18.2 Å². The molecule has 3 rings (SSSR count). The Labute approximate surface area is 184 Å². The van der Waals surface area contributed by atoms with Crippen molar-refractivity contribution in [3.63, 3.8) is 0 Å². The molecule has 0 aromatic heterocycles. The number of hydrogen-bond acceptors (Lipinski definition) is 5. The molecule has 2 aromatic carbocycles. The number of β-amino-alcohol motifs (C(OH)–C–C–N with tert-alkyl or cyclic N) is 1. The highest BCUT2D eigenvalue weighted by atomic mass is 35.5. The number of amides is 1. The van der Waals surface area contributed by atoms with Crippen LogP contribution < -0.4 is 10.2 Å². The molecule has 1 aliphatic heterocycles. The molecular weight excluding hydrogens is 430 g/mol. The second-order valence-electron chi connectivity index (χ2n) is 6.66. The van der Waals surface area contributed by atoms with Gasteiger partial charge in [0.25, 0.3) is 5.91 Å². The van der Waals surface area contributed by atoms with Crippen molar-refractivity contribution in [1.29, 1.82) is 0 Å². The fourth-order valence-electron chi connectivity index (χ4n) is 3.23. The lowest BCUT2D eigenvalue weighted by Gasteiger charge is -2.27. The van der Waals surface area contributed by atoms with Gasteiger partial charge in [-0.15, -0.1) is 0 Å². The Morgan fingerprint density at radius 2 is 1.87 bits per heavy atom. The van der Waals surface area contributed by atoms with E-state index in [-0.39, 0.29) is 5.02 Å². The largest absolute Gasteiger partial charge is 0.391 e. The monoisotopic (exact) mass is 454 g/mol. The van der Waals surface area contributed by atoms with Gasteiger partial charge >= 0.3 is 0 Å². The molecule has 6 nitrogen and oxygen atoms in total. The summed E-state index contributed by atoms with van der Waals surface area (Å²) in [6, 6.07) is 8.69. The molecule has 1 aliphatic rings. The van der Waals surface area contributed by atoms with Crippen molar-refractivity contribution in [2.24, 2.45) is 0 Å². The molecule has 1 amide bonds. The lowest BCUT2D eigenvalue weighted by molar-refractivity contribution is -0.0987. The third-order valence-electron chi connectivity index (χ3n) is 4.66. The highest BCUT2D eigenvalue weighted by Gasteiger charge is 2.20. The fourth-order valence-corrected chi connectivity index (χ4v) is 3.41. The zero-order valence-electron chi connectivity index (χ0n) is 17.0. The smallest absolute Gasteiger partial charge is 0.255 e. The number of nitrogens with zero attached hydrogens (tertiary/aromatic N) is 1. The maximum Gasteiger partial charge on any atom is 0.255 e. The van der Waals surface area contributed by atoms with Gasteiger partial charge in [-0.2, -0.15) is 0 Å². The molecule has 1 atom stereocenters. The molecule has 2 aromatic rings. The van der Waals surface area contributed by atoms with Gasteiger partial charge in [0, 0.05) is 35.6 Å². The lowest BCUT2D eigenvalue weighted by Crippen LogP contribution is -2.31. The average Bonchev–Trinajstić information content (AvgIpc) is 3.02. The Kier molecular flexibility index (Phi) is 11.4. The first-order valence-corrected chi connectivity index (χ1v) is 9.82. The van der Waals surface area contributed by atoms with E-state index in [4.69, 9.17) is 21.2 Å². The predicted octanol–water partition coefficient (Wildman–Crippen LogP) is 4.18. The van der Waals surface area contributed by atoms with Gasteiger partial charge in [-0.3, -0.25) is 4.79 Å². The molecule has 0 bridgehead atoms. The summed E-state index contributed by atoms with van der Waals surface area (Å²) in [5.74, 6) is -0.969. The summed E-state index contributed by atoms with van der Waals surface area (Å²) >= 11 is 5.74. The molecule has 0 saturated carbocycles. The summed E-state index contributed by atoms with van der Waals surface area (Å²) in [6.45, 7) is 4.45. The number of nitrogens with one attached hydrogen (secondary N) is 1. The number of aliphatic hydroxyl groups excluding tert-OH is 1. The Bertz CT molecular complexity index is 867. The minimum Gasteiger partial charge on any atom is -0.391 e. The predicted molar refractivity (Wildman–Crippen MR) is 117 cm³/mol. The maximum atomic E-state index is 13.5. The number of rotatable bonds is 4. The number of alkyl halides is 1. The molecule has 1 unspecified atom stereocenters. The molecule has 1 saturated heterocycles. The van der Waals surface area contributed by atoms with Crippen LogP contribution in [0.2, 0.25) is 5.02 Å². The standard InChI is InChI=1S/C20H21ClF2N2O2.2CH2O/c21-17-10-15(6-7-18(17)23)24-20(27)13-4-5-14(11-22)19(9-13)25-8-2-1-3-16(26)12-25;2*1-2/h4-7,9-10,16,26H,1-3,8,11-12H2,(H,24,27);2*1H2. The van der Waals surface area contributed by atoms with Crippen LogP contribution in [0.15, 0.2) is 36.4 Å². The third kappa shape index (κ3) is 7.41. The zero-order valence-corrected chi connectivity index (χ0v) is 17.7. The first-order chi connectivity index (χ1) is 15.0. The number of anilines is 2. The van der Waals surface area contributed by atoms with E-state index >= 15 is 0 Å². The SMILES string of the molecule is C=O.C=O.O=C(Nc1ccc(F)c(Cl)c1)c1ccc(CF)c(N2CCCCC(O)C2)c1. The number of carbonyl (C=O) groups is 3. The molecule has 1 heterocycles. The second kappa shape index (κ2) is 13.5. The van der Waals surface area contributed by atoms with Gasteiger partial charge in [-0.25, -0.2) is 8.78 Å². The second-order valence-corrected chi connectivity index (χ2v) is 7.06. The van der Waals surface area contributed by atoms with E-state index in [0.717, 1.165) is 12.8 Å². The quantitative estimate of drug-likeness (QED) is 0.723. The Morgan fingerprint density at radius 3 is 2.52 bits per heavy atom. The number of hydrogen-bond donors (Lipinski definition) is 2. The highest BCUT2D eigenvalue weighted by Crippen LogP contribution is 2.27. The van der Waals surface area contributed by atoms with Crippen molar-refractivity contribution < 1.29 is 28.3 Å². The van der Waals surface area contributed by atoms with E-state index in [0.29, 0.717) is 42.0 Å². The van der Waals surface area contributed by atoms with Gasteiger partial charge in [0.15, 0.2) is 0 Å². The number of carbonyl (C=O) groups excluding carboxylic acids is 3. The van der Waals surface area contributed by atoms with E-state index in [1.54, 1.807) is 18.2 Å². The summed E-state index contributed by atoms with van der Waals surface area (Å²) in [7, 11) is 0. The molecule has 0 radical (unpaired) electrons. The minimum atomic E-state index is -0.655. The van der Waals surface area contributed by atoms with E-state index in [9.17, 15) is 18.7 Å². The van der Waals surface area contributed by atoms with Crippen LogP contribution in [0.1, 0.15) is 35.2 Å². The van der Waals surface area contributed by atoms with Crippen molar-refractivity contribution in [1.82, 2.24) is 0 Å². The van der Waals surface area contributed by atoms with Gasteiger partial charge in [-0.05, 0) is 49.6 Å². The van der Waals surface area contributed by atoms with Gasteiger partial charge in [0.05, 0.1) is 11.1 Å². The van der Waals surface area contributed by atoms with Crippen molar-refractivity contribution in [2.75, 3.05) is 23.3 Å². The Balaban J connectivity index is 0.00000113. The van der Waals surface area contributed by atoms with Crippen molar-refractivity contribution in [2.45, 2.75) is 32.0 Å². The van der Waals surface area contributed by atoms with E-state index < -0.39 is 24.5 Å². The number of halogens is 3. The molecule has 0 spiro atoms. The van der Waals surface area contributed by atoms with Crippen LogP contribution in [-0.4, -0.2) is 43.8 Å². The van der Waals surface area contributed by atoms with Crippen molar-refractivity contribution in [3.05, 3.63) is 58.4 Å². The van der Waals surface area contributed by atoms with Crippen molar-refractivity contribution in [3.8, 4) is 0 Å². The molecule has 9 heteroatoms. The van der Waals surface area contributed by atoms with Gasteiger partial charge in [-0.1, -0.05) is 17.7 Å². The molecule has 1 fully saturated rings. The van der Waals surface area contributed by atoms with Crippen LogP contribution >= 0.6 is 11.6 Å². The van der Waals surface area contributed by atoms with Crippen LogP contribution in [-0.2, 0) is 16.3 Å². The highest BCUT2D eigenvalue weighted by molar-refractivity contribution is 6.31.